The van der Waals surface area contributed by atoms with Crippen LogP contribution >= 0.6 is 0 Å². The second-order valence-electron chi connectivity index (χ2n) is 6.57. The first-order chi connectivity index (χ1) is 12.2. The maximum Gasteiger partial charge on any atom is 0.215 e. The molecule has 5 nitrogen and oxygen atoms in total. The number of carbonyl (C=O) groups excluding carboxylic acids is 1. The Morgan fingerprint density at radius 2 is 2.04 bits per heavy atom. The maximum absolute atomic E-state index is 12.8. The molecule has 0 atom stereocenters. The van der Waals surface area contributed by atoms with Crippen molar-refractivity contribution in [3.63, 3.8) is 0 Å². The van der Waals surface area contributed by atoms with Gasteiger partial charge in [-0.15, -0.1) is 6.58 Å². The van der Waals surface area contributed by atoms with Crippen molar-refractivity contribution < 1.29 is 9.53 Å². The van der Waals surface area contributed by atoms with E-state index in [0.717, 1.165) is 18.2 Å². The second kappa shape index (κ2) is 8.10. The molecule has 0 spiro atoms. The van der Waals surface area contributed by atoms with Gasteiger partial charge in [-0.25, -0.2) is 4.68 Å². The number of Topliss-reactive ketones (excluding diaryl/α,β-unsaturated/α-hetero) is 1. The van der Waals surface area contributed by atoms with Crippen LogP contribution in [0.25, 0.3) is 11.0 Å². The molecule has 0 saturated heterocycles. The van der Waals surface area contributed by atoms with Gasteiger partial charge >= 0.3 is 0 Å². The highest BCUT2D eigenvalue weighted by Gasteiger charge is 2.23. The van der Waals surface area contributed by atoms with Crippen LogP contribution in [0, 0.1) is 5.92 Å². The average Bonchev–Trinajstić information content (AvgIpc) is 2.99. The van der Waals surface area contributed by atoms with Crippen LogP contribution in [0.2, 0.25) is 0 Å². The van der Waals surface area contributed by atoms with Crippen LogP contribution in [0.5, 0.6) is 5.88 Å². The normalized spacial score (nSPS) is 15.2. The van der Waals surface area contributed by atoms with Gasteiger partial charge in [0, 0.05) is 12.5 Å². The van der Waals surface area contributed by atoms with Gasteiger partial charge in [0.05, 0.1) is 11.9 Å². The van der Waals surface area contributed by atoms with E-state index >= 15 is 0 Å². The Morgan fingerprint density at radius 1 is 1.24 bits per heavy atom. The Kier molecular flexibility index (Phi) is 5.64. The van der Waals surface area contributed by atoms with Crippen LogP contribution in [0.3, 0.4) is 0 Å². The first-order valence-corrected chi connectivity index (χ1v) is 8.98. The van der Waals surface area contributed by atoms with Gasteiger partial charge in [0.1, 0.15) is 12.3 Å². The smallest absolute Gasteiger partial charge is 0.215 e. The highest BCUT2D eigenvalue weighted by Crippen LogP contribution is 2.29. The topological polar surface area (TPSA) is 57.0 Å². The maximum atomic E-state index is 12.8. The number of fused-ring (bicyclic) bond motifs is 1. The summed E-state index contributed by atoms with van der Waals surface area (Å²) >= 11 is 0. The molecule has 2 aromatic rings. The predicted octanol–water partition coefficient (Wildman–Crippen LogP) is 4.34. The molecular weight excluding hydrogens is 314 g/mol. The van der Waals surface area contributed by atoms with Crippen LogP contribution < -0.4 is 4.74 Å². The van der Waals surface area contributed by atoms with Gasteiger partial charge in [0.25, 0.3) is 0 Å². The van der Waals surface area contributed by atoms with Gasteiger partial charge in [-0.05, 0) is 12.0 Å². The Morgan fingerprint density at radius 3 is 2.76 bits per heavy atom. The minimum absolute atomic E-state index is 0.112. The molecule has 0 radical (unpaired) electrons. The van der Waals surface area contributed by atoms with Crippen LogP contribution in [0.15, 0.2) is 37.4 Å². The van der Waals surface area contributed by atoms with Crippen molar-refractivity contribution in [1.29, 1.82) is 0 Å². The SMILES string of the molecule is C=CCOc1ccc2c(C(=O)CC3CCCCC3)nn(CC=C)c2n1. The van der Waals surface area contributed by atoms with Crippen molar-refractivity contribution in [3.8, 4) is 5.88 Å². The Hall–Kier alpha value is -2.43. The lowest BCUT2D eigenvalue weighted by molar-refractivity contribution is 0.0946. The highest BCUT2D eigenvalue weighted by molar-refractivity contribution is 6.05. The number of allylic oxidation sites excluding steroid dienone is 1. The molecule has 0 bridgehead atoms. The number of hydrogen-bond acceptors (Lipinski definition) is 4. The number of pyridine rings is 1. The molecule has 1 fully saturated rings. The molecule has 1 aliphatic rings. The van der Waals surface area contributed by atoms with Gasteiger partial charge in [0.2, 0.25) is 5.88 Å². The van der Waals surface area contributed by atoms with E-state index in [1.165, 1.54) is 19.3 Å². The number of ketones is 1. The molecule has 0 unspecified atom stereocenters. The van der Waals surface area contributed by atoms with Crippen LogP contribution in [0.1, 0.15) is 49.0 Å². The highest BCUT2D eigenvalue weighted by atomic mass is 16.5. The summed E-state index contributed by atoms with van der Waals surface area (Å²) in [4.78, 5) is 17.3. The third-order valence-electron chi connectivity index (χ3n) is 4.68. The quantitative estimate of drug-likeness (QED) is 0.530. The van der Waals surface area contributed by atoms with E-state index in [1.54, 1.807) is 22.9 Å². The summed E-state index contributed by atoms with van der Waals surface area (Å²) in [6, 6.07) is 3.66. The van der Waals surface area contributed by atoms with E-state index in [4.69, 9.17) is 4.74 Å². The lowest BCUT2D eigenvalue weighted by atomic mass is 9.85. The van der Waals surface area contributed by atoms with E-state index in [9.17, 15) is 4.79 Å². The molecule has 25 heavy (non-hydrogen) atoms. The molecule has 0 amide bonds. The van der Waals surface area contributed by atoms with Crippen LogP contribution in [-0.4, -0.2) is 27.2 Å². The predicted molar refractivity (Wildman–Crippen MR) is 98.9 cm³/mol. The zero-order chi connectivity index (χ0) is 17.6. The zero-order valence-corrected chi connectivity index (χ0v) is 14.6. The van der Waals surface area contributed by atoms with Crippen LogP contribution in [0.4, 0.5) is 0 Å². The Bertz CT molecular complexity index is 773. The van der Waals surface area contributed by atoms with E-state index in [-0.39, 0.29) is 5.78 Å². The van der Waals surface area contributed by atoms with E-state index < -0.39 is 0 Å². The number of aromatic nitrogens is 3. The molecule has 3 rings (SSSR count). The first kappa shape index (κ1) is 17.4. The standard InChI is InChI=1S/C20H25N3O2/c1-3-12-23-20-16(10-11-18(21-20)25-13-4-2)19(22-23)17(24)14-15-8-6-5-7-9-15/h3-4,10-11,15H,1-2,5-9,12-14H2. The summed E-state index contributed by atoms with van der Waals surface area (Å²) in [5.74, 6) is 1.11. The Labute approximate surface area is 148 Å². The summed E-state index contributed by atoms with van der Waals surface area (Å²) in [6.45, 7) is 8.30. The summed E-state index contributed by atoms with van der Waals surface area (Å²) in [7, 11) is 0. The minimum atomic E-state index is 0.112. The number of rotatable bonds is 8. The van der Waals surface area contributed by atoms with Crippen molar-refractivity contribution in [2.45, 2.75) is 45.1 Å². The molecule has 0 aliphatic heterocycles. The number of hydrogen-bond donors (Lipinski definition) is 0. The van der Waals surface area contributed by atoms with Gasteiger partial charge < -0.3 is 4.74 Å². The zero-order valence-electron chi connectivity index (χ0n) is 14.6. The van der Waals surface area contributed by atoms with E-state index in [1.807, 2.05) is 6.07 Å². The molecule has 1 aliphatic carbocycles. The average molecular weight is 339 g/mol. The number of nitrogens with zero attached hydrogens (tertiary/aromatic N) is 3. The fourth-order valence-corrected chi connectivity index (χ4v) is 3.46. The third-order valence-corrected chi connectivity index (χ3v) is 4.68. The van der Waals surface area contributed by atoms with E-state index in [2.05, 4.69) is 23.2 Å². The second-order valence-corrected chi connectivity index (χ2v) is 6.57. The first-order valence-electron chi connectivity index (χ1n) is 8.98. The molecule has 2 heterocycles. The molecule has 1 saturated carbocycles. The van der Waals surface area contributed by atoms with Crippen molar-refractivity contribution in [1.82, 2.24) is 14.8 Å². The monoisotopic (exact) mass is 339 g/mol. The minimum Gasteiger partial charge on any atom is -0.473 e. The number of carbonyl (C=O) groups is 1. The van der Waals surface area contributed by atoms with Crippen molar-refractivity contribution in [2.75, 3.05) is 6.61 Å². The lowest BCUT2D eigenvalue weighted by Gasteiger charge is -2.20. The van der Waals surface area contributed by atoms with Crippen molar-refractivity contribution in [2.24, 2.45) is 5.92 Å². The fourth-order valence-electron chi connectivity index (χ4n) is 3.46. The van der Waals surface area contributed by atoms with Gasteiger partial charge in [-0.3, -0.25) is 4.79 Å². The van der Waals surface area contributed by atoms with Crippen LogP contribution in [-0.2, 0) is 6.54 Å². The molecule has 0 N–H and O–H groups in total. The summed E-state index contributed by atoms with van der Waals surface area (Å²) < 4.78 is 7.23. The fraction of sp³-hybridized carbons (Fsp3) is 0.450. The largest absolute Gasteiger partial charge is 0.473 e. The molecule has 0 aromatic carbocycles. The van der Waals surface area contributed by atoms with Gasteiger partial charge in [-0.1, -0.05) is 50.8 Å². The van der Waals surface area contributed by atoms with E-state index in [0.29, 0.717) is 42.7 Å². The van der Waals surface area contributed by atoms with Gasteiger partial charge in [0.15, 0.2) is 11.4 Å². The van der Waals surface area contributed by atoms with Gasteiger partial charge in [-0.2, -0.15) is 10.1 Å². The molecule has 132 valence electrons. The lowest BCUT2D eigenvalue weighted by Crippen LogP contribution is -2.13. The van der Waals surface area contributed by atoms with Crippen molar-refractivity contribution in [3.05, 3.63) is 43.1 Å². The molecule has 2 aromatic heterocycles. The third kappa shape index (κ3) is 3.98. The molecular formula is C20H25N3O2. The Balaban J connectivity index is 1.89. The van der Waals surface area contributed by atoms with Crippen molar-refractivity contribution >= 4 is 16.8 Å². The number of ether oxygens (including phenoxy) is 1. The molecule has 5 heteroatoms. The summed E-state index contributed by atoms with van der Waals surface area (Å²) in [5.41, 5.74) is 1.18. The summed E-state index contributed by atoms with van der Waals surface area (Å²) in [6.07, 6.45) is 10.1. The summed E-state index contributed by atoms with van der Waals surface area (Å²) in [5, 5.41) is 5.31.